The molecule has 1 amide bonds. The highest BCUT2D eigenvalue weighted by atomic mass is 32.2. The van der Waals surface area contributed by atoms with Gasteiger partial charge in [-0.25, -0.2) is 0 Å². The molecule has 4 heteroatoms. The molecular weight excluding hydrogens is 352 g/mol. The number of likely N-dealkylation sites (tertiary alicyclic amines) is 1. The fraction of sp³-hybridized carbons (Fsp3) is 0.435. The summed E-state index contributed by atoms with van der Waals surface area (Å²) in [5, 5.41) is 3.02. The van der Waals surface area contributed by atoms with Gasteiger partial charge >= 0.3 is 0 Å². The lowest BCUT2D eigenvalue weighted by Gasteiger charge is -2.30. The molecule has 144 valence electrons. The van der Waals surface area contributed by atoms with Gasteiger partial charge in [0.15, 0.2) is 0 Å². The second kappa shape index (κ2) is 10.5. The third kappa shape index (κ3) is 6.71. The molecule has 3 rings (SSSR count). The molecule has 1 atom stereocenters. The zero-order valence-electron chi connectivity index (χ0n) is 16.2. The van der Waals surface area contributed by atoms with E-state index in [1.54, 1.807) is 0 Å². The summed E-state index contributed by atoms with van der Waals surface area (Å²) in [7, 11) is 0. The van der Waals surface area contributed by atoms with Gasteiger partial charge in [-0.3, -0.25) is 9.69 Å². The third-order valence-electron chi connectivity index (χ3n) is 5.01. The van der Waals surface area contributed by atoms with E-state index in [0.29, 0.717) is 6.54 Å². The average Bonchev–Trinajstić information content (AvgIpc) is 2.69. The molecule has 1 aliphatic rings. The number of amides is 1. The van der Waals surface area contributed by atoms with Crippen molar-refractivity contribution in [3.05, 3.63) is 71.3 Å². The Labute approximate surface area is 167 Å². The fourth-order valence-corrected chi connectivity index (χ4v) is 4.37. The Morgan fingerprint density at radius 2 is 1.89 bits per heavy atom. The SMILES string of the molecule is C[C@@H]1CCCN(Cc2ccc(C(=O)NCCSCc3ccccc3)cc2)C1. The van der Waals surface area contributed by atoms with Crippen molar-refractivity contribution in [1.29, 1.82) is 0 Å². The van der Waals surface area contributed by atoms with E-state index in [4.69, 9.17) is 0 Å². The van der Waals surface area contributed by atoms with E-state index in [0.717, 1.165) is 29.5 Å². The molecule has 1 N–H and O–H groups in total. The van der Waals surface area contributed by atoms with Crippen molar-refractivity contribution in [1.82, 2.24) is 10.2 Å². The number of hydrogen-bond acceptors (Lipinski definition) is 3. The van der Waals surface area contributed by atoms with Crippen LogP contribution in [0, 0.1) is 5.92 Å². The summed E-state index contributed by atoms with van der Waals surface area (Å²) in [6.07, 6.45) is 2.64. The molecule has 0 saturated carbocycles. The molecule has 0 radical (unpaired) electrons. The van der Waals surface area contributed by atoms with Crippen molar-refractivity contribution in [2.75, 3.05) is 25.4 Å². The van der Waals surface area contributed by atoms with Gasteiger partial charge in [-0.2, -0.15) is 11.8 Å². The Balaban J connectivity index is 1.37. The van der Waals surface area contributed by atoms with Gasteiger partial charge in [0, 0.05) is 36.7 Å². The van der Waals surface area contributed by atoms with E-state index >= 15 is 0 Å². The summed E-state index contributed by atoms with van der Waals surface area (Å²) in [5.74, 6) is 2.73. The van der Waals surface area contributed by atoms with Gasteiger partial charge in [-0.1, -0.05) is 49.4 Å². The van der Waals surface area contributed by atoms with E-state index in [1.807, 2.05) is 30.0 Å². The Morgan fingerprint density at radius 3 is 2.63 bits per heavy atom. The van der Waals surface area contributed by atoms with Crippen LogP contribution in [0.5, 0.6) is 0 Å². The number of hydrogen-bond donors (Lipinski definition) is 1. The molecular formula is C23H30N2OS. The van der Waals surface area contributed by atoms with Crippen molar-refractivity contribution < 1.29 is 4.79 Å². The lowest BCUT2D eigenvalue weighted by molar-refractivity contribution is 0.0956. The molecule has 2 aromatic rings. The molecule has 0 bridgehead atoms. The number of nitrogens with one attached hydrogen (secondary N) is 1. The molecule has 1 heterocycles. The largest absolute Gasteiger partial charge is 0.351 e. The summed E-state index contributed by atoms with van der Waals surface area (Å²) in [6, 6.07) is 18.5. The maximum absolute atomic E-state index is 12.3. The Morgan fingerprint density at radius 1 is 1.11 bits per heavy atom. The number of piperidine rings is 1. The van der Waals surface area contributed by atoms with Crippen molar-refractivity contribution in [3.63, 3.8) is 0 Å². The number of carbonyl (C=O) groups is 1. The Bertz CT molecular complexity index is 702. The number of rotatable bonds is 8. The van der Waals surface area contributed by atoms with Crippen LogP contribution in [-0.2, 0) is 12.3 Å². The van der Waals surface area contributed by atoms with Gasteiger partial charge in [-0.05, 0) is 48.6 Å². The van der Waals surface area contributed by atoms with Crippen LogP contribution in [0.3, 0.4) is 0 Å². The second-order valence-electron chi connectivity index (χ2n) is 7.47. The molecule has 1 saturated heterocycles. The maximum Gasteiger partial charge on any atom is 0.251 e. The Kier molecular flexibility index (Phi) is 7.79. The van der Waals surface area contributed by atoms with Crippen LogP contribution >= 0.6 is 11.8 Å². The van der Waals surface area contributed by atoms with Crippen LogP contribution < -0.4 is 5.32 Å². The minimum atomic E-state index is 0.0217. The van der Waals surface area contributed by atoms with Crippen molar-refractivity contribution >= 4 is 17.7 Å². The summed E-state index contributed by atoms with van der Waals surface area (Å²) in [5.41, 5.74) is 3.37. The highest BCUT2D eigenvalue weighted by molar-refractivity contribution is 7.98. The highest BCUT2D eigenvalue weighted by Gasteiger charge is 2.16. The highest BCUT2D eigenvalue weighted by Crippen LogP contribution is 2.18. The molecule has 3 nitrogen and oxygen atoms in total. The predicted molar refractivity (Wildman–Crippen MR) is 115 cm³/mol. The summed E-state index contributed by atoms with van der Waals surface area (Å²) < 4.78 is 0. The quantitative estimate of drug-likeness (QED) is 0.678. The smallest absolute Gasteiger partial charge is 0.251 e. The third-order valence-corrected chi connectivity index (χ3v) is 6.04. The monoisotopic (exact) mass is 382 g/mol. The zero-order valence-corrected chi connectivity index (χ0v) is 17.0. The molecule has 0 aromatic heterocycles. The first-order valence-electron chi connectivity index (χ1n) is 9.92. The maximum atomic E-state index is 12.3. The van der Waals surface area contributed by atoms with Gasteiger partial charge in [0.05, 0.1) is 0 Å². The summed E-state index contributed by atoms with van der Waals surface area (Å²) in [6.45, 7) is 6.39. The van der Waals surface area contributed by atoms with E-state index in [2.05, 4.69) is 53.5 Å². The first kappa shape index (κ1) is 20.0. The van der Waals surface area contributed by atoms with Crippen molar-refractivity contribution in [2.45, 2.75) is 32.1 Å². The van der Waals surface area contributed by atoms with Crippen LogP contribution in [-0.4, -0.2) is 36.2 Å². The Hall–Kier alpha value is -1.78. The van der Waals surface area contributed by atoms with Crippen molar-refractivity contribution in [3.8, 4) is 0 Å². The van der Waals surface area contributed by atoms with Crippen LogP contribution in [0.15, 0.2) is 54.6 Å². The number of carbonyl (C=O) groups excluding carboxylic acids is 1. The molecule has 0 unspecified atom stereocenters. The van der Waals surface area contributed by atoms with E-state index in [9.17, 15) is 4.79 Å². The molecule has 1 fully saturated rings. The van der Waals surface area contributed by atoms with Gasteiger partial charge in [0.2, 0.25) is 0 Å². The minimum absolute atomic E-state index is 0.0217. The first-order chi connectivity index (χ1) is 13.2. The lowest BCUT2D eigenvalue weighted by atomic mass is 9.99. The topological polar surface area (TPSA) is 32.3 Å². The van der Waals surface area contributed by atoms with E-state index in [1.165, 1.54) is 37.1 Å². The summed E-state index contributed by atoms with van der Waals surface area (Å²) in [4.78, 5) is 14.8. The van der Waals surface area contributed by atoms with E-state index < -0.39 is 0 Å². The second-order valence-corrected chi connectivity index (χ2v) is 8.58. The lowest BCUT2D eigenvalue weighted by Crippen LogP contribution is -2.33. The molecule has 0 aliphatic carbocycles. The standard InChI is InChI=1S/C23H30N2OS/c1-19-6-5-14-25(16-19)17-20-9-11-22(12-10-20)23(26)24-13-15-27-18-21-7-3-2-4-8-21/h2-4,7-12,19H,5-6,13-18H2,1H3,(H,24,26)/t19-/m1/s1. The van der Waals surface area contributed by atoms with Gasteiger partial charge < -0.3 is 5.32 Å². The van der Waals surface area contributed by atoms with Gasteiger partial charge in [-0.15, -0.1) is 0 Å². The average molecular weight is 383 g/mol. The molecule has 2 aromatic carbocycles. The number of thioether (sulfide) groups is 1. The van der Waals surface area contributed by atoms with Crippen LogP contribution in [0.1, 0.15) is 41.3 Å². The minimum Gasteiger partial charge on any atom is -0.351 e. The van der Waals surface area contributed by atoms with Crippen LogP contribution in [0.4, 0.5) is 0 Å². The normalized spacial score (nSPS) is 17.6. The van der Waals surface area contributed by atoms with Gasteiger partial charge in [0.1, 0.15) is 0 Å². The predicted octanol–water partition coefficient (Wildman–Crippen LogP) is 4.58. The summed E-state index contributed by atoms with van der Waals surface area (Å²) >= 11 is 1.85. The molecule has 27 heavy (non-hydrogen) atoms. The molecule has 0 spiro atoms. The zero-order chi connectivity index (χ0) is 18.9. The molecule has 1 aliphatic heterocycles. The van der Waals surface area contributed by atoms with Crippen LogP contribution in [0.2, 0.25) is 0 Å². The number of nitrogens with zero attached hydrogens (tertiary/aromatic N) is 1. The van der Waals surface area contributed by atoms with Gasteiger partial charge in [0.25, 0.3) is 5.91 Å². The first-order valence-corrected chi connectivity index (χ1v) is 11.1. The van der Waals surface area contributed by atoms with Crippen LogP contribution in [0.25, 0.3) is 0 Å². The fourth-order valence-electron chi connectivity index (χ4n) is 3.55. The van der Waals surface area contributed by atoms with E-state index in [-0.39, 0.29) is 5.91 Å². The number of benzene rings is 2. The van der Waals surface area contributed by atoms with Crippen molar-refractivity contribution in [2.24, 2.45) is 5.92 Å².